The van der Waals surface area contributed by atoms with Crippen molar-refractivity contribution < 1.29 is 14.6 Å². The Hall–Kier alpha value is -1.15. The van der Waals surface area contributed by atoms with Crippen LogP contribution >= 0.6 is 11.6 Å². The first-order chi connectivity index (χ1) is 7.06. The molecule has 3 nitrogen and oxygen atoms in total. The second-order valence-electron chi connectivity index (χ2n) is 3.04. The van der Waals surface area contributed by atoms with Crippen LogP contribution in [0.5, 0.6) is 0 Å². The zero-order valence-electron chi connectivity index (χ0n) is 7.69. The van der Waals surface area contributed by atoms with Crippen LogP contribution < -0.4 is 0 Å². The summed E-state index contributed by atoms with van der Waals surface area (Å²) in [6.45, 7) is 0. The van der Waals surface area contributed by atoms with Gasteiger partial charge in [0.2, 0.25) is 0 Å². The Kier molecular flexibility index (Phi) is 4.04. The van der Waals surface area contributed by atoms with E-state index in [1.165, 1.54) is 12.1 Å². The number of benzene rings is 1. The van der Waals surface area contributed by atoms with E-state index < -0.39 is 18.0 Å². The van der Waals surface area contributed by atoms with Gasteiger partial charge in [-0.25, -0.2) is 4.39 Å². The van der Waals surface area contributed by atoms with Crippen molar-refractivity contribution in [1.29, 1.82) is 5.26 Å². The van der Waals surface area contributed by atoms with Crippen LogP contribution in [0, 0.1) is 17.1 Å². The average molecular weight is 230 g/mol. The normalized spacial score (nSPS) is 14.3. The Bertz CT molecular complexity index is 391. The minimum absolute atomic E-state index is 0.0675. The molecule has 0 amide bonds. The molecule has 0 saturated heterocycles. The molecule has 0 saturated carbocycles. The van der Waals surface area contributed by atoms with Gasteiger partial charge in [0.25, 0.3) is 0 Å². The molecule has 0 aromatic heterocycles. The molecular formula is C10H9ClFNO2. The molecule has 0 bridgehead atoms. The smallest absolute Gasteiger partial charge is 0.130 e. The quantitative estimate of drug-likeness (QED) is 0.831. The Balaban J connectivity index is 2.91. The summed E-state index contributed by atoms with van der Waals surface area (Å²) < 4.78 is 13.3. The molecule has 0 aliphatic rings. The van der Waals surface area contributed by atoms with E-state index in [4.69, 9.17) is 16.9 Å². The van der Waals surface area contributed by atoms with Crippen molar-refractivity contribution >= 4 is 11.6 Å². The summed E-state index contributed by atoms with van der Waals surface area (Å²) >= 11 is 5.53. The van der Waals surface area contributed by atoms with Crippen molar-refractivity contribution in [3.8, 4) is 6.07 Å². The third-order valence-corrected chi connectivity index (χ3v) is 2.18. The van der Waals surface area contributed by atoms with Crippen LogP contribution in [0.1, 0.15) is 18.1 Å². The minimum atomic E-state index is -1.41. The highest BCUT2D eigenvalue weighted by atomic mass is 35.5. The molecule has 15 heavy (non-hydrogen) atoms. The van der Waals surface area contributed by atoms with Crippen LogP contribution in [-0.2, 0) is 0 Å². The van der Waals surface area contributed by atoms with Gasteiger partial charge < -0.3 is 10.2 Å². The summed E-state index contributed by atoms with van der Waals surface area (Å²) in [5.41, 5.74) is -0.0675. The molecule has 1 rings (SSSR count). The maximum Gasteiger partial charge on any atom is 0.130 e. The van der Waals surface area contributed by atoms with Gasteiger partial charge in [0.05, 0.1) is 18.6 Å². The standard InChI is InChI=1S/C10H9ClFNO2/c11-6-1-2-7(8(12)5-6)10(15)9(14)3-4-13/h1-2,5,9-10,14-15H,3H2. The SMILES string of the molecule is N#CCC(O)C(O)c1ccc(Cl)cc1F. The number of nitrogens with zero attached hydrogens (tertiary/aromatic N) is 1. The van der Waals surface area contributed by atoms with Crippen LogP contribution in [0.3, 0.4) is 0 Å². The predicted molar refractivity (Wildman–Crippen MR) is 52.6 cm³/mol. The molecule has 0 aliphatic heterocycles. The molecule has 1 aromatic rings. The lowest BCUT2D eigenvalue weighted by atomic mass is 10.0. The van der Waals surface area contributed by atoms with Gasteiger partial charge >= 0.3 is 0 Å². The number of hydrogen-bond acceptors (Lipinski definition) is 3. The molecule has 0 spiro atoms. The predicted octanol–water partition coefficient (Wildman–Crippen LogP) is 1.79. The zero-order chi connectivity index (χ0) is 11.4. The molecule has 0 heterocycles. The van der Waals surface area contributed by atoms with Crippen LogP contribution in [0.25, 0.3) is 0 Å². The second kappa shape index (κ2) is 5.08. The van der Waals surface area contributed by atoms with Gasteiger partial charge in [0.15, 0.2) is 0 Å². The van der Waals surface area contributed by atoms with Crippen molar-refractivity contribution in [2.45, 2.75) is 18.6 Å². The molecule has 0 fully saturated rings. The topological polar surface area (TPSA) is 64.2 Å². The summed E-state index contributed by atoms with van der Waals surface area (Å²) in [6, 6.07) is 5.42. The second-order valence-corrected chi connectivity index (χ2v) is 3.48. The van der Waals surface area contributed by atoms with E-state index in [9.17, 15) is 14.6 Å². The first-order valence-electron chi connectivity index (χ1n) is 4.24. The lowest BCUT2D eigenvalue weighted by Gasteiger charge is -2.16. The van der Waals surface area contributed by atoms with E-state index in [1.807, 2.05) is 0 Å². The van der Waals surface area contributed by atoms with Gasteiger partial charge in [0, 0.05) is 10.6 Å². The lowest BCUT2D eigenvalue weighted by molar-refractivity contribution is 0.0195. The highest BCUT2D eigenvalue weighted by Gasteiger charge is 2.21. The Morgan fingerprint density at radius 3 is 2.67 bits per heavy atom. The molecule has 2 unspecified atom stereocenters. The van der Waals surface area contributed by atoms with Crippen molar-refractivity contribution in [2.24, 2.45) is 0 Å². The van der Waals surface area contributed by atoms with Crippen molar-refractivity contribution in [2.75, 3.05) is 0 Å². The zero-order valence-corrected chi connectivity index (χ0v) is 8.45. The molecule has 80 valence electrons. The summed E-state index contributed by atoms with van der Waals surface area (Å²) in [5, 5.41) is 27.3. The van der Waals surface area contributed by atoms with Crippen LogP contribution in [-0.4, -0.2) is 16.3 Å². The lowest BCUT2D eigenvalue weighted by Crippen LogP contribution is -2.18. The van der Waals surface area contributed by atoms with E-state index >= 15 is 0 Å². The summed E-state index contributed by atoms with van der Waals surface area (Å²) in [5.74, 6) is -0.702. The largest absolute Gasteiger partial charge is 0.389 e. The van der Waals surface area contributed by atoms with Crippen LogP contribution in [0.2, 0.25) is 5.02 Å². The van der Waals surface area contributed by atoms with Crippen LogP contribution in [0.15, 0.2) is 18.2 Å². The third kappa shape index (κ3) is 2.90. The fourth-order valence-corrected chi connectivity index (χ4v) is 1.31. The van der Waals surface area contributed by atoms with E-state index in [2.05, 4.69) is 0 Å². The number of hydrogen-bond donors (Lipinski definition) is 2. The number of rotatable bonds is 3. The van der Waals surface area contributed by atoms with Gasteiger partial charge in [-0.2, -0.15) is 5.26 Å². The molecule has 2 N–H and O–H groups in total. The maximum absolute atomic E-state index is 13.3. The van der Waals surface area contributed by atoms with Crippen LogP contribution in [0.4, 0.5) is 4.39 Å². The molecular weight excluding hydrogens is 221 g/mol. The van der Waals surface area contributed by atoms with E-state index in [0.717, 1.165) is 6.07 Å². The van der Waals surface area contributed by atoms with E-state index in [0.29, 0.717) is 0 Å². The van der Waals surface area contributed by atoms with Crippen molar-refractivity contribution in [3.63, 3.8) is 0 Å². The van der Waals surface area contributed by atoms with Gasteiger partial charge in [-0.3, -0.25) is 0 Å². The average Bonchev–Trinajstić information content (AvgIpc) is 2.17. The fraction of sp³-hybridized carbons (Fsp3) is 0.300. The molecule has 2 atom stereocenters. The highest BCUT2D eigenvalue weighted by molar-refractivity contribution is 6.30. The number of aliphatic hydroxyl groups excluding tert-OH is 2. The maximum atomic E-state index is 13.3. The van der Waals surface area contributed by atoms with Gasteiger partial charge in [-0.15, -0.1) is 0 Å². The summed E-state index contributed by atoms with van der Waals surface area (Å²) in [6.07, 6.45) is -2.98. The van der Waals surface area contributed by atoms with Crippen molar-refractivity contribution in [3.05, 3.63) is 34.6 Å². The van der Waals surface area contributed by atoms with Gasteiger partial charge in [-0.05, 0) is 12.1 Å². The third-order valence-electron chi connectivity index (χ3n) is 1.95. The van der Waals surface area contributed by atoms with E-state index in [-0.39, 0.29) is 17.0 Å². The first kappa shape index (κ1) is 11.9. The minimum Gasteiger partial charge on any atom is -0.389 e. The number of aliphatic hydroxyl groups is 2. The van der Waals surface area contributed by atoms with Crippen molar-refractivity contribution in [1.82, 2.24) is 0 Å². The Labute approximate surface area is 91.3 Å². The van der Waals surface area contributed by atoms with E-state index in [1.54, 1.807) is 6.07 Å². The first-order valence-corrected chi connectivity index (χ1v) is 4.62. The number of halogens is 2. The Morgan fingerprint density at radius 1 is 1.47 bits per heavy atom. The van der Waals surface area contributed by atoms with Gasteiger partial charge in [0.1, 0.15) is 11.9 Å². The summed E-state index contributed by atoms with van der Waals surface area (Å²) in [4.78, 5) is 0. The molecule has 0 radical (unpaired) electrons. The molecule has 1 aromatic carbocycles. The Morgan fingerprint density at radius 2 is 2.13 bits per heavy atom. The highest BCUT2D eigenvalue weighted by Crippen LogP contribution is 2.24. The summed E-state index contributed by atoms with van der Waals surface area (Å²) in [7, 11) is 0. The molecule has 5 heteroatoms. The monoisotopic (exact) mass is 229 g/mol. The number of nitriles is 1. The molecule has 0 aliphatic carbocycles. The van der Waals surface area contributed by atoms with Gasteiger partial charge in [-0.1, -0.05) is 17.7 Å². The fourth-order valence-electron chi connectivity index (χ4n) is 1.15.